The van der Waals surface area contributed by atoms with E-state index in [4.69, 9.17) is 11.6 Å². The Balaban J connectivity index is 2.34. The van der Waals surface area contributed by atoms with Crippen LogP contribution in [0.3, 0.4) is 0 Å². The monoisotopic (exact) mass is 350 g/mol. The number of hydrogen-bond donors (Lipinski definition) is 0. The highest BCUT2D eigenvalue weighted by molar-refractivity contribution is 7.98. The van der Waals surface area contributed by atoms with Crippen molar-refractivity contribution in [2.75, 3.05) is 23.5 Å². The molecule has 1 atom stereocenters. The van der Waals surface area contributed by atoms with Crippen LogP contribution in [0.4, 0.5) is 5.69 Å². The largest absolute Gasteiger partial charge is 0.304 e. The quantitative estimate of drug-likeness (QED) is 0.718. The lowest BCUT2D eigenvalue weighted by atomic mass is 10.2. The lowest BCUT2D eigenvalue weighted by Crippen LogP contribution is -2.36. The second-order valence-electron chi connectivity index (χ2n) is 5.05. The van der Waals surface area contributed by atoms with Crippen molar-refractivity contribution in [3.05, 3.63) is 48.5 Å². The lowest BCUT2D eigenvalue weighted by Gasteiger charge is -2.23. The average molecular weight is 351 g/mol. The standard InChI is InChI=1S/C16H19ClN4OS/c1-4-8-20(16(22)12(2)11-23-3)14-10-21(19-15(14)17)13-6-5-7-18-9-13/h4-7,9-10,12H,1,8,11H2,2-3H3. The highest BCUT2D eigenvalue weighted by Gasteiger charge is 2.24. The predicted molar refractivity (Wildman–Crippen MR) is 96.5 cm³/mol. The minimum absolute atomic E-state index is 0.00638. The first-order valence-corrected chi connectivity index (χ1v) is 8.92. The molecule has 122 valence electrons. The molecule has 0 saturated carbocycles. The molecule has 0 saturated heterocycles. The van der Waals surface area contributed by atoms with E-state index in [9.17, 15) is 4.79 Å². The summed E-state index contributed by atoms with van der Waals surface area (Å²) in [6.45, 7) is 6.02. The summed E-state index contributed by atoms with van der Waals surface area (Å²) in [5.74, 6) is 0.649. The number of nitrogens with zero attached hydrogens (tertiary/aromatic N) is 4. The van der Waals surface area contributed by atoms with E-state index < -0.39 is 0 Å². The molecule has 23 heavy (non-hydrogen) atoms. The van der Waals surface area contributed by atoms with Crippen molar-refractivity contribution in [2.24, 2.45) is 5.92 Å². The Kier molecular flexibility index (Phi) is 6.24. The molecule has 0 aliphatic rings. The molecular formula is C16H19ClN4OS. The van der Waals surface area contributed by atoms with Gasteiger partial charge in [0.15, 0.2) is 5.15 Å². The molecule has 0 aliphatic carbocycles. The van der Waals surface area contributed by atoms with E-state index in [0.29, 0.717) is 12.2 Å². The maximum Gasteiger partial charge on any atom is 0.231 e. The zero-order chi connectivity index (χ0) is 16.8. The number of pyridine rings is 1. The van der Waals surface area contributed by atoms with Gasteiger partial charge in [0.1, 0.15) is 5.69 Å². The normalized spacial score (nSPS) is 12.0. The minimum Gasteiger partial charge on any atom is -0.304 e. The zero-order valence-corrected chi connectivity index (χ0v) is 14.7. The van der Waals surface area contributed by atoms with Crippen molar-refractivity contribution in [3.63, 3.8) is 0 Å². The minimum atomic E-state index is -0.109. The summed E-state index contributed by atoms with van der Waals surface area (Å²) >= 11 is 7.91. The molecule has 0 bridgehead atoms. The van der Waals surface area contributed by atoms with Gasteiger partial charge in [-0.15, -0.1) is 6.58 Å². The van der Waals surface area contributed by atoms with Gasteiger partial charge in [0.25, 0.3) is 0 Å². The van der Waals surface area contributed by atoms with Gasteiger partial charge in [-0.1, -0.05) is 24.6 Å². The molecule has 0 radical (unpaired) electrons. The Hall–Kier alpha value is -1.79. The topological polar surface area (TPSA) is 51.0 Å². The van der Waals surface area contributed by atoms with E-state index in [1.54, 1.807) is 46.0 Å². The number of aromatic nitrogens is 3. The summed E-state index contributed by atoms with van der Waals surface area (Å²) in [4.78, 5) is 18.4. The van der Waals surface area contributed by atoms with Crippen molar-refractivity contribution < 1.29 is 4.79 Å². The first kappa shape index (κ1) is 17.6. The third-order valence-corrected chi connectivity index (χ3v) is 4.37. The summed E-state index contributed by atoms with van der Waals surface area (Å²) in [5.41, 5.74) is 1.36. The Morgan fingerprint density at radius 1 is 1.61 bits per heavy atom. The highest BCUT2D eigenvalue weighted by atomic mass is 35.5. The van der Waals surface area contributed by atoms with Crippen LogP contribution >= 0.6 is 23.4 Å². The van der Waals surface area contributed by atoms with Crippen molar-refractivity contribution in [3.8, 4) is 5.69 Å². The summed E-state index contributed by atoms with van der Waals surface area (Å²) in [6.07, 6.45) is 8.78. The second-order valence-corrected chi connectivity index (χ2v) is 6.32. The first-order chi connectivity index (χ1) is 11.1. The number of anilines is 1. The van der Waals surface area contributed by atoms with Gasteiger partial charge in [-0.25, -0.2) is 4.68 Å². The fraction of sp³-hybridized carbons (Fsp3) is 0.312. The van der Waals surface area contributed by atoms with E-state index in [1.807, 2.05) is 25.3 Å². The number of halogens is 1. The van der Waals surface area contributed by atoms with Crippen LogP contribution in [0.15, 0.2) is 43.4 Å². The summed E-state index contributed by atoms with van der Waals surface area (Å²) in [7, 11) is 0. The summed E-state index contributed by atoms with van der Waals surface area (Å²) in [6, 6.07) is 3.69. The number of thioether (sulfide) groups is 1. The fourth-order valence-corrected chi connectivity index (χ4v) is 3.04. The molecule has 0 spiro atoms. The number of rotatable bonds is 7. The van der Waals surface area contributed by atoms with E-state index >= 15 is 0 Å². The van der Waals surface area contributed by atoms with Gasteiger partial charge in [0.2, 0.25) is 5.91 Å². The molecule has 1 amide bonds. The maximum atomic E-state index is 12.7. The van der Waals surface area contributed by atoms with Crippen LogP contribution in [-0.4, -0.2) is 39.2 Å². The maximum absolute atomic E-state index is 12.7. The van der Waals surface area contributed by atoms with E-state index in [-0.39, 0.29) is 17.0 Å². The van der Waals surface area contributed by atoms with Gasteiger partial charge in [-0.3, -0.25) is 9.78 Å². The van der Waals surface area contributed by atoms with E-state index in [2.05, 4.69) is 16.7 Å². The van der Waals surface area contributed by atoms with Crippen molar-refractivity contribution in [2.45, 2.75) is 6.92 Å². The lowest BCUT2D eigenvalue weighted by molar-refractivity contribution is -0.121. The Morgan fingerprint density at radius 3 is 3.00 bits per heavy atom. The molecule has 2 rings (SSSR count). The van der Waals surface area contributed by atoms with Crippen LogP contribution in [0.2, 0.25) is 5.15 Å². The van der Waals surface area contributed by atoms with Crippen molar-refractivity contribution in [1.29, 1.82) is 0 Å². The third kappa shape index (κ3) is 4.14. The SMILES string of the molecule is C=CCN(C(=O)C(C)CSC)c1cn(-c2cccnc2)nc1Cl. The van der Waals surface area contributed by atoms with Crippen LogP contribution in [0.25, 0.3) is 5.69 Å². The molecule has 0 aromatic carbocycles. The van der Waals surface area contributed by atoms with Gasteiger partial charge in [-0.05, 0) is 18.4 Å². The van der Waals surface area contributed by atoms with Gasteiger partial charge < -0.3 is 4.90 Å². The summed E-state index contributed by atoms with van der Waals surface area (Å²) < 4.78 is 1.62. The number of hydrogen-bond acceptors (Lipinski definition) is 4. The smallest absolute Gasteiger partial charge is 0.231 e. The third-order valence-electron chi connectivity index (χ3n) is 3.27. The molecule has 1 unspecified atom stereocenters. The number of carbonyl (C=O) groups is 1. The van der Waals surface area contributed by atoms with Gasteiger partial charge >= 0.3 is 0 Å². The molecule has 2 heterocycles. The second kappa shape index (κ2) is 8.17. The zero-order valence-electron chi connectivity index (χ0n) is 13.1. The van der Waals surface area contributed by atoms with Gasteiger partial charge in [-0.2, -0.15) is 16.9 Å². The molecular weight excluding hydrogens is 332 g/mol. The number of carbonyl (C=O) groups excluding carboxylic acids is 1. The molecule has 0 fully saturated rings. The van der Waals surface area contributed by atoms with Crippen LogP contribution in [0.1, 0.15) is 6.92 Å². The average Bonchev–Trinajstić information content (AvgIpc) is 2.94. The molecule has 0 aliphatic heterocycles. The Bertz CT molecular complexity index is 674. The van der Waals surface area contributed by atoms with Crippen LogP contribution in [0, 0.1) is 5.92 Å². The van der Waals surface area contributed by atoms with Gasteiger partial charge in [0.05, 0.1) is 18.1 Å². The van der Waals surface area contributed by atoms with E-state index in [0.717, 1.165) is 11.4 Å². The Morgan fingerprint density at radius 2 is 2.39 bits per heavy atom. The summed E-state index contributed by atoms with van der Waals surface area (Å²) in [5, 5.41) is 4.56. The first-order valence-electron chi connectivity index (χ1n) is 7.15. The van der Waals surface area contributed by atoms with Crippen LogP contribution in [0.5, 0.6) is 0 Å². The molecule has 0 N–H and O–H groups in total. The van der Waals surface area contributed by atoms with E-state index in [1.165, 1.54) is 0 Å². The molecule has 5 nitrogen and oxygen atoms in total. The molecule has 2 aromatic heterocycles. The van der Waals surface area contributed by atoms with Crippen molar-refractivity contribution in [1.82, 2.24) is 14.8 Å². The van der Waals surface area contributed by atoms with Gasteiger partial charge in [0, 0.05) is 24.4 Å². The molecule has 7 heteroatoms. The van der Waals surface area contributed by atoms with Crippen LogP contribution in [-0.2, 0) is 4.79 Å². The molecule has 2 aromatic rings. The highest BCUT2D eigenvalue weighted by Crippen LogP contribution is 2.27. The van der Waals surface area contributed by atoms with Crippen LogP contribution < -0.4 is 4.90 Å². The Labute approximate surface area is 145 Å². The van der Waals surface area contributed by atoms with Crippen molar-refractivity contribution >= 4 is 35.0 Å². The fourth-order valence-electron chi connectivity index (χ4n) is 2.17. The predicted octanol–water partition coefficient (Wildman–Crippen LogP) is 3.44. The number of amides is 1.